The number of aromatic nitrogens is 5. The number of aryl methyl sites for hydroxylation is 2. The fourth-order valence-corrected chi connectivity index (χ4v) is 6.50. The molecule has 2 saturated heterocycles. The Morgan fingerprint density at radius 1 is 1.27 bits per heavy atom. The Hall–Kier alpha value is -4.45. The van der Waals surface area contributed by atoms with Crippen molar-refractivity contribution in [3.8, 4) is 17.0 Å². The molecule has 2 aliphatic rings. The minimum atomic E-state index is -0.409. The molecule has 232 valence electrons. The SMILES string of the molecule is CCOc1cc(C(=O)Nc2cc(C)n(C)n2)ccc1-c1nc([C@@]2(C)CC[C@@H]3CN(C(C)C)CC(=O)N3C2)n2ccnc(N)c12. The summed E-state index contributed by atoms with van der Waals surface area (Å²) in [6.07, 6.45) is 5.32. The van der Waals surface area contributed by atoms with Crippen LogP contribution in [0.5, 0.6) is 5.75 Å². The largest absolute Gasteiger partial charge is 0.493 e. The zero-order chi connectivity index (χ0) is 31.3. The Morgan fingerprint density at radius 3 is 2.77 bits per heavy atom. The number of ether oxygens (including phenoxy) is 1. The second-order valence-electron chi connectivity index (χ2n) is 12.5. The molecule has 0 unspecified atom stereocenters. The number of nitrogen functional groups attached to an aromatic ring is 1. The summed E-state index contributed by atoms with van der Waals surface area (Å²) in [5.74, 6) is 2.03. The van der Waals surface area contributed by atoms with E-state index in [1.165, 1.54) is 0 Å². The third-order valence-electron chi connectivity index (χ3n) is 9.10. The van der Waals surface area contributed by atoms with Crippen LogP contribution in [-0.2, 0) is 17.3 Å². The first kappa shape index (κ1) is 29.6. The van der Waals surface area contributed by atoms with Crippen molar-refractivity contribution in [2.24, 2.45) is 7.05 Å². The van der Waals surface area contributed by atoms with Crippen LogP contribution in [0, 0.1) is 6.92 Å². The monoisotopic (exact) mass is 599 g/mol. The van der Waals surface area contributed by atoms with Gasteiger partial charge < -0.3 is 20.7 Å². The quantitative estimate of drug-likeness (QED) is 0.329. The van der Waals surface area contributed by atoms with Crippen LogP contribution in [0.1, 0.15) is 62.4 Å². The van der Waals surface area contributed by atoms with Gasteiger partial charge in [0.05, 0.1) is 13.2 Å². The first-order valence-electron chi connectivity index (χ1n) is 15.2. The lowest BCUT2D eigenvalue weighted by Gasteiger charge is -2.50. The summed E-state index contributed by atoms with van der Waals surface area (Å²) < 4.78 is 9.78. The van der Waals surface area contributed by atoms with E-state index in [0.29, 0.717) is 65.5 Å². The van der Waals surface area contributed by atoms with E-state index in [9.17, 15) is 9.59 Å². The van der Waals surface area contributed by atoms with Gasteiger partial charge in [0.1, 0.15) is 28.6 Å². The number of piperazine rings is 1. The molecule has 2 aliphatic heterocycles. The van der Waals surface area contributed by atoms with Crippen molar-refractivity contribution in [3.05, 3.63) is 53.7 Å². The Labute approximate surface area is 257 Å². The topological polar surface area (TPSA) is 136 Å². The average molecular weight is 600 g/mol. The smallest absolute Gasteiger partial charge is 0.256 e. The molecule has 5 heterocycles. The number of benzene rings is 1. The number of hydrogen-bond donors (Lipinski definition) is 2. The predicted molar refractivity (Wildman–Crippen MR) is 169 cm³/mol. The number of nitrogens with one attached hydrogen (secondary N) is 1. The van der Waals surface area contributed by atoms with Gasteiger partial charge in [0.15, 0.2) is 5.82 Å². The van der Waals surface area contributed by atoms with Crippen molar-refractivity contribution in [2.45, 2.75) is 65.0 Å². The van der Waals surface area contributed by atoms with Gasteiger partial charge in [-0.25, -0.2) is 9.97 Å². The normalized spacial score (nSPS) is 20.8. The summed E-state index contributed by atoms with van der Waals surface area (Å²) in [6.45, 7) is 12.6. The standard InChI is InChI=1S/C32H41N9O3/c1-7-44-24-15-21(30(43)35-25-14-20(4)38(6)37-25)8-9-23(24)27-28-29(33)34-12-13-40(28)31(36-27)32(5)11-10-22-16-39(19(2)3)17-26(42)41(22)18-32/h8-9,12-15,19,22H,7,10-11,16-18H2,1-6H3,(H2,33,34)(H,35,37,43)/t22-,32+/m1/s1. The molecule has 2 amide bonds. The van der Waals surface area contributed by atoms with Gasteiger partial charge in [0, 0.05) is 72.9 Å². The number of amides is 2. The summed E-state index contributed by atoms with van der Waals surface area (Å²) in [6, 6.07) is 7.66. The molecule has 0 aliphatic carbocycles. The van der Waals surface area contributed by atoms with Gasteiger partial charge in [0.2, 0.25) is 5.91 Å². The van der Waals surface area contributed by atoms with Crippen LogP contribution in [0.3, 0.4) is 0 Å². The van der Waals surface area contributed by atoms with Crippen LogP contribution < -0.4 is 15.8 Å². The Kier molecular flexibility index (Phi) is 7.56. The van der Waals surface area contributed by atoms with Crippen molar-refractivity contribution in [3.63, 3.8) is 0 Å². The van der Waals surface area contributed by atoms with Crippen LogP contribution in [-0.4, -0.2) is 84.1 Å². The Morgan fingerprint density at radius 2 is 2.07 bits per heavy atom. The highest BCUT2D eigenvalue weighted by Crippen LogP contribution is 2.42. The highest BCUT2D eigenvalue weighted by molar-refractivity contribution is 6.04. The molecule has 0 saturated carbocycles. The summed E-state index contributed by atoms with van der Waals surface area (Å²) in [5.41, 5.74) is 9.46. The van der Waals surface area contributed by atoms with Gasteiger partial charge in [-0.05, 0) is 58.7 Å². The van der Waals surface area contributed by atoms with E-state index in [-0.39, 0.29) is 17.9 Å². The number of rotatable bonds is 7. The van der Waals surface area contributed by atoms with Gasteiger partial charge in [-0.15, -0.1) is 0 Å². The minimum Gasteiger partial charge on any atom is -0.493 e. The lowest BCUT2D eigenvalue weighted by atomic mass is 9.77. The molecule has 0 bridgehead atoms. The molecule has 1 aromatic carbocycles. The van der Waals surface area contributed by atoms with E-state index >= 15 is 0 Å². The molecule has 0 radical (unpaired) electrons. The fourth-order valence-electron chi connectivity index (χ4n) is 6.50. The Balaban J connectivity index is 1.38. The number of nitrogens with two attached hydrogens (primary N) is 1. The van der Waals surface area contributed by atoms with E-state index in [2.05, 4.69) is 46.0 Å². The Bertz CT molecular complexity index is 1720. The van der Waals surface area contributed by atoms with Gasteiger partial charge in [-0.2, -0.15) is 5.10 Å². The van der Waals surface area contributed by atoms with Crippen molar-refractivity contribution in [1.82, 2.24) is 33.9 Å². The number of piperidine rings is 1. The zero-order valence-electron chi connectivity index (χ0n) is 26.3. The maximum Gasteiger partial charge on any atom is 0.256 e. The molecular formula is C32H41N9O3. The first-order valence-corrected chi connectivity index (χ1v) is 15.2. The molecule has 12 nitrogen and oxygen atoms in total. The average Bonchev–Trinajstić information content (AvgIpc) is 3.53. The summed E-state index contributed by atoms with van der Waals surface area (Å²) in [4.78, 5) is 40.4. The second kappa shape index (κ2) is 11.2. The highest BCUT2D eigenvalue weighted by atomic mass is 16.5. The van der Waals surface area contributed by atoms with E-state index < -0.39 is 5.41 Å². The van der Waals surface area contributed by atoms with Gasteiger partial charge >= 0.3 is 0 Å². The molecule has 44 heavy (non-hydrogen) atoms. The summed E-state index contributed by atoms with van der Waals surface area (Å²) in [5, 5.41) is 7.19. The molecule has 3 aromatic heterocycles. The number of carbonyl (C=O) groups excluding carboxylic acids is 2. The van der Waals surface area contributed by atoms with Crippen molar-refractivity contribution >= 4 is 29.0 Å². The van der Waals surface area contributed by atoms with Crippen LogP contribution in [0.25, 0.3) is 16.8 Å². The molecule has 0 spiro atoms. The predicted octanol–water partition coefficient (Wildman–Crippen LogP) is 3.64. The minimum absolute atomic E-state index is 0.163. The van der Waals surface area contributed by atoms with Crippen LogP contribution in [0.4, 0.5) is 11.6 Å². The van der Waals surface area contributed by atoms with Crippen LogP contribution in [0.2, 0.25) is 0 Å². The van der Waals surface area contributed by atoms with Crippen LogP contribution in [0.15, 0.2) is 36.7 Å². The second-order valence-corrected chi connectivity index (χ2v) is 12.5. The van der Waals surface area contributed by atoms with Crippen molar-refractivity contribution in [1.29, 1.82) is 0 Å². The van der Waals surface area contributed by atoms with E-state index in [4.69, 9.17) is 15.5 Å². The number of carbonyl (C=O) groups is 2. The van der Waals surface area contributed by atoms with Crippen molar-refractivity contribution < 1.29 is 14.3 Å². The number of fused-ring (bicyclic) bond motifs is 2. The van der Waals surface area contributed by atoms with Crippen molar-refractivity contribution in [2.75, 3.05) is 37.3 Å². The number of nitrogens with zero attached hydrogens (tertiary/aromatic N) is 7. The fraction of sp³-hybridized carbons (Fsp3) is 0.469. The molecule has 3 N–H and O–H groups in total. The lowest BCUT2D eigenvalue weighted by Crippen LogP contribution is -2.63. The van der Waals surface area contributed by atoms with E-state index in [1.54, 1.807) is 23.0 Å². The zero-order valence-corrected chi connectivity index (χ0v) is 26.3. The van der Waals surface area contributed by atoms with E-state index in [0.717, 1.165) is 30.9 Å². The lowest BCUT2D eigenvalue weighted by molar-refractivity contribution is -0.144. The van der Waals surface area contributed by atoms with Crippen LogP contribution >= 0.6 is 0 Å². The highest BCUT2D eigenvalue weighted by Gasteiger charge is 2.45. The number of anilines is 2. The number of imidazole rings is 1. The number of hydrogen-bond acceptors (Lipinski definition) is 8. The molecule has 6 rings (SSSR count). The third kappa shape index (κ3) is 5.17. The summed E-state index contributed by atoms with van der Waals surface area (Å²) in [7, 11) is 1.83. The third-order valence-corrected chi connectivity index (χ3v) is 9.10. The first-order chi connectivity index (χ1) is 21.0. The van der Waals surface area contributed by atoms with Gasteiger partial charge in [0.25, 0.3) is 5.91 Å². The van der Waals surface area contributed by atoms with Gasteiger partial charge in [-0.3, -0.25) is 23.6 Å². The molecule has 4 aromatic rings. The molecule has 2 atom stereocenters. The summed E-state index contributed by atoms with van der Waals surface area (Å²) >= 11 is 0. The van der Waals surface area contributed by atoms with Gasteiger partial charge in [-0.1, -0.05) is 6.92 Å². The maximum absolute atomic E-state index is 13.3. The van der Waals surface area contributed by atoms with E-state index in [1.807, 2.05) is 43.6 Å². The molecule has 12 heteroatoms. The molecular weight excluding hydrogens is 558 g/mol. The molecule has 2 fully saturated rings. The maximum atomic E-state index is 13.3.